The monoisotopic (exact) mass is 308 g/mol. The molecule has 0 spiro atoms. The van der Waals surface area contributed by atoms with Crippen LogP contribution in [-0.4, -0.2) is 80.0 Å². The Hall–Kier alpha value is -1.93. The lowest BCUT2D eigenvalue weighted by atomic mass is 10.2. The molecule has 0 radical (unpaired) electrons. The summed E-state index contributed by atoms with van der Waals surface area (Å²) in [5.74, 6) is 1.17. The minimum atomic E-state index is -0.464. The van der Waals surface area contributed by atoms with Crippen molar-refractivity contribution in [2.24, 2.45) is 0 Å². The Morgan fingerprint density at radius 1 is 1.32 bits per heavy atom. The van der Waals surface area contributed by atoms with Crippen LogP contribution in [0.4, 0.5) is 5.95 Å². The van der Waals surface area contributed by atoms with Crippen molar-refractivity contribution in [1.82, 2.24) is 14.9 Å². The predicted octanol–water partition coefficient (Wildman–Crippen LogP) is -0.451. The second-order valence-electron chi connectivity index (χ2n) is 5.15. The van der Waals surface area contributed by atoms with Crippen LogP contribution in [0.3, 0.4) is 0 Å². The van der Waals surface area contributed by atoms with Gasteiger partial charge in [0.15, 0.2) is 6.10 Å². The molecular formula is C14H20N4O4. The van der Waals surface area contributed by atoms with Crippen molar-refractivity contribution in [3.05, 3.63) is 12.3 Å². The van der Waals surface area contributed by atoms with Gasteiger partial charge in [0.05, 0.1) is 26.9 Å². The number of carbonyl (C=O) groups excluding carboxylic acids is 1. The van der Waals surface area contributed by atoms with Crippen LogP contribution in [0.2, 0.25) is 0 Å². The molecule has 0 aliphatic carbocycles. The third-order valence-corrected chi connectivity index (χ3v) is 3.79. The Labute approximate surface area is 129 Å². The molecule has 3 heterocycles. The van der Waals surface area contributed by atoms with Gasteiger partial charge in [-0.3, -0.25) is 4.79 Å². The van der Waals surface area contributed by atoms with Crippen LogP contribution in [0.5, 0.6) is 5.88 Å². The zero-order chi connectivity index (χ0) is 15.4. The van der Waals surface area contributed by atoms with Crippen molar-refractivity contribution < 1.29 is 19.0 Å². The van der Waals surface area contributed by atoms with Gasteiger partial charge in [0.25, 0.3) is 5.91 Å². The van der Waals surface area contributed by atoms with Crippen molar-refractivity contribution in [3.63, 3.8) is 0 Å². The van der Waals surface area contributed by atoms with E-state index in [-0.39, 0.29) is 5.91 Å². The Bertz CT molecular complexity index is 513. The van der Waals surface area contributed by atoms with Crippen LogP contribution in [0, 0.1) is 0 Å². The fourth-order valence-electron chi connectivity index (χ4n) is 2.56. The summed E-state index contributed by atoms with van der Waals surface area (Å²) in [7, 11) is 1.58. The highest BCUT2D eigenvalue weighted by Gasteiger charge is 2.30. The minimum Gasteiger partial charge on any atom is -0.481 e. The standard InChI is InChI=1S/C14H20N4O4/c1-20-12-2-3-15-14(16-12)18-6-4-17(5-7-18)13(19)11-10-21-8-9-22-11/h2-3,11H,4-10H2,1H3. The average Bonchev–Trinajstić information content (AvgIpc) is 2.62. The Morgan fingerprint density at radius 3 is 2.82 bits per heavy atom. The number of amides is 1. The molecule has 0 aromatic carbocycles. The molecule has 22 heavy (non-hydrogen) atoms. The van der Waals surface area contributed by atoms with Crippen molar-refractivity contribution in [2.75, 3.05) is 58.0 Å². The van der Waals surface area contributed by atoms with Crippen LogP contribution in [0.25, 0.3) is 0 Å². The number of hydrogen-bond acceptors (Lipinski definition) is 7. The second kappa shape index (κ2) is 6.89. The number of anilines is 1. The van der Waals surface area contributed by atoms with E-state index in [9.17, 15) is 4.79 Å². The van der Waals surface area contributed by atoms with E-state index in [0.717, 1.165) is 0 Å². The fraction of sp³-hybridized carbons (Fsp3) is 0.643. The van der Waals surface area contributed by atoms with E-state index in [2.05, 4.69) is 9.97 Å². The van der Waals surface area contributed by atoms with Crippen LogP contribution in [0.15, 0.2) is 12.3 Å². The van der Waals surface area contributed by atoms with E-state index in [1.165, 1.54) is 0 Å². The van der Waals surface area contributed by atoms with Crippen LogP contribution < -0.4 is 9.64 Å². The van der Waals surface area contributed by atoms with Gasteiger partial charge in [-0.2, -0.15) is 4.98 Å². The molecule has 1 aromatic rings. The zero-order valence-corrected chi connectivity index (χ0v) is 12.6. The highest BCUT2D eigenvalue weighted by molar-refractivity contribution is 5.81. The number of piperazine rings is 1. The third-order valence-electron chi connectivity index (χ3n) is 3.79. The number of rotatable bonds is 3. The number of carbonyl (C=O) groups is 1. The lowest BCUT2D eigenvalue weighted by Crippen LogP contribution is -2.53. The lowest BCUT2D eigenvalue weighted by molar-refractivity contribution is -0.158. The van der Waals surface area contributed by atoms with Crippen LogP contribution >= 0.6 is 0 Å². The molecule has 2 saturated heterocycles. The second-order valence-corrected chi connectivity index (χ2v) is 5.15. The van der Waals surface area contributed by atoms with E-state index in [0.29, 0.717) is 57.8 Å². The highest BCUT2D eigenvalue weighted by atomic mass is 16.6. The quantitative estimate of drug-likeness (QED) is 0.748. The van der Waals surface area contributed by atoms with E-state index in [1.54, 1.807) is 19.4 Å². The highest BCUT2D eigenvalue weighted by Crippen LogP contribution is 2.15. The number of methoxy groups -OCH3 is 1. The number of aromatic nitrogens is 2. The Morgan fingerprint density at radius 2 is 2.14 bits per heavy atom. The minimum absolute atomic E-state index is 0.00547. The van der Waals surface area contributed by atoms with E-state index in [4.69, 9.17) is 14.2 Å². The Kier molecular flexibility index (Phi) is 4.69. The molecule has 2 aliphatic heterocycles. The van der Waals surface area contributed by atoms with Crippen molar-refractivity contribution >= 4 is 11.9 Å². The van der Waals surface area contributed by atoms with Gasteiger partial charge in [-0.15, -0.1) is 0 Å². The first-order valence-corrected chi connectivity index (χ1v) is 7.38. The average molecular weight is 308 g/mol. The van der Waals surface area contributed by atoms with Gasteiger partial charge in [-0.25, -0.2) is 4.98 Å². The summed E-state index contributed by atoms with van der Waals surface area (Å²) >= 11 is 0. The molecular weight excluding hydrogens is 288 g/mol. The SMILES string of the molecule is COc1ccnc(N2CCN(C(=O)C3COCCO3)CC2)n1. The summed E-state index contributed by atoms with van der Waals surface area (Å²) in [4.78, 5) is 24.8. The normalized spacial score (nSPS) is 22.5. The molecule has 2 fully saturated rings. The van der Waals surface area contributed by atoms with Crippen LogP contribution in [0.1, 0.15) is 0 Å². The lowest BCUT2D eigenvalue weighted by Gasteiger charge is -2.36. The molecule has 8 nitrogen and oxygen atoms in total. The molecule has 1 amide bonds. The maximum atomic E-state index is 12.3. The maximum absolute atomic E-state index is 12.3. The summed E-state index contributed by atoms with van der Waals surface area (Å²) in [5, 5.41) is 0. The summed E-state index contributed by atoms with van der Waals surface area (Å²) in [6.45, 7) is 4.01. The van der Waals surface area contributed by atoms with Gasteiger partial charge >= 0.3 is 0 Å². The third kappa shape index (κ3) is 3.28. The first kappa shape index (κ1) is 15.0. The molecule has 0 saturated carbocycles. The summed E-state index contributed by atoms with van der Waals surface area (Å²) in [6.07, 6.45) is 1.21. The Balaban J connectivity index is 1.56. The van der Waals surface area contributed by atoms with Crippen molar-refractivity contribution in [1.29, 1.82) is 0 Å². The van der Waals surface area contributed by atoms with Gasteiger partial charge in [-0.05, 0) is 0 Å². The number of nitrogens with zero attached hydrogens (tertiary/aromatic N) is 4. The summed E-state index contributed by atoms with van der Waals surface area (Å²) < 4.78 is 15.9. The molecule has 0 bridgehead atoms. The number of ether oxygens (including phenoxy) is 3. The molecule has 1 unspecified atom stereocenters. The van der Waals surface area contributed by atoms with E-state index in [1.807, 2.05) is 9.80 Å². The zero-order valence-electron chi connectivity index (χ0n) is 12.6. The summed E-state index contributed by atoms with van der Waals surface area (Å²) in [6, 6.07) is 1.71. The molecule has 1 aromatic heterocycles. The van der Waals surface area contributed by atoms with Gasteiger partial charge in [0.2, 0.25) is 11.8 Å². The summed E-state index contributed by atoms with van der Waals surface area (Å²) in [5.41, 5.74) is 0. The smallest absolute Gasteiger partial charge is 0.254 e. The van der Waals surface area contributed by atoms with Gasteiger partial charge < -0.3 is 24.0 Å². The van der Waals surface area contributed by atoms with Gasteiger partial charge in [-0.1, -0.05) is 0 Å². The van der Waals surface area contributed by atoms with Crippen LogP contribution in [-0.2, 0) is 14.3 Å². The van der Waals surface area contributed by atoms with Crippen molar-refractivity contribution in [2.45, 2.75) is 6.10 Å². The molecule has 1 atom stereocenters. The molecule has 2 aliphatic rings. The first-order valence-electron chi connectivity index (χ1n) is 7.38. The fourth-order valence-corrected chi connectivity index (χ4v) is 2.56. The van der Waals surface area contributed by atoms with Gasteiger partial charge in [0.1, 0.15) is 0 Å². The topological polar surface area (TPSA) is 77.0 Å². The predicted molar refractivity (Wildman–Crippen MR) is 77.9 cm³/mol. The maximum Gasteiger partial charge on any atom is 0.254 e. The molecule has 0 N–H and O–H groups in total. The largest absolute Gasteiger partial charge is 0.481 e. The van der Waals surface area contributed by atoms with E-state index >= 15 is 0 Å². The molecule has 8 heteroatoms. The van der Waals surface area contributed by atoms with Gasteiger partial charge in [0, 0.05) is 38.4 Å². The van der Waals surface area contributed by atoms with E-state index < -0.39 is 6.10 Å². The number of hydrogen-bond donors (Lipinski definition) is 0. The first-order chi connectivity index (χ1) is 10.8. The molecule has 3 rings (SSSR count). The van der Waals surface area contributed by atoms with Crippen molar-refractivity contribution in [3.8, 4) is 5.88 Å². The molecule has 120 valence electrons.